The molecule has 0 spiro atoms. The van der Waals surface area contributed by atoms with Crippen molar-refractivity contribution in [2.24, 2.45) is 0 Å². The predicted octanol–water partition coefficient (Wildman–Crippen LogP) is 5.12. The van der Waals surface area contributed by atoms with E-state index in [9.17, 15) is 4.79 Å². The lowest BCUT2D eigenvalue weighted by molar-refractivity contribution is -0.117. The molecule has 1 heterocycles. The number of hydrogen-bond acceptors (Lipinski definition) is 6. The maximum Gasteiger partial charge on any atom is 0.325 e. The van der Waals surface area contributed by atoms with E-state index in [0.29, 0.717) is 29.5 Å². The van der Waals surface area contributed by atoms with Crippen LogP contribution in [-0.2, 0) is 4.79 Å². The average Bonchev–Trinajstić information content (AvgIpc) is 2.63. The molecule has 8 heteroatoms. The number of carbonyl (C=O) groups excluding carboxylic acids is 1. The van der Waals surface area contributed by atoms with Gasteiger partial charge in [-0.1, -0.05) is 15.9 Å². The van der Waals surface area contributed by atoms with E-state index in [4.69, 9.17) is 25.8 Å². The van der Waals surface area contributed by atoms with Crippen LogP contribution in [0, 0.1) is 0 Å². The van der Waals surface area contributed by atoms with E-state index in [1.165, 1.54) is 0 Å². The first-order valence-electron chi connectivity index (χ1n) is 8.20. The van der Waals surface area contributed by atoms with Gasteiger partial charge in [-0.05, 0) is 67.9 Å². The van der Waals surface area contributed by atoms with E-state index in [1.54, 1.807) is 31.2 Å². The van der Waals surface area contributed by atoms with Gasteiger partial charge in [-0.2, -0.15) is 9.97 Å². The fourth-order valence-electron chi connectivity index (χ4n) is 2.29. The van der Waals surface area contributed by atoms with Gasteiger partial charge in [0, 0.05) is 4.47 Å². The molecule has 0 N–H and O–H groups in total. The minimum atomic E-state index is -0.727. The molecule has 1 aromatic heterocycles. The third-order valence-electron chi connectivity index (χ3n) is 3.55. The molecule has 0 saturated carbocycles. The van der Waals surface area contributed by atoms with Crippen LogP contribution in [0.3, 0.4) is 0 Å². The molecule has 27 heavy (non-hydrogen) atoms. The highest BCUT2D eigenvalue weighted by atomic mass is 79.9. The smallest absolute Gasteiger partial charge is 0.325 e. The first-order chi connectivity index (χ1) is 13.0. The zero-order valence-electron chi connectivity index (χ0n) is 14.6. The highest BCUT2D eigenvalue weighted by Crippen LogP contribution is 2.30. The Kier molecular flexibility index (Phi) is 6.13. The Morgan fingerprint density at radius 1 is 1.15 bits per heavy atom. The Labute approximate surface area is 169 Å². The third-order valence-corrected chi connectivity index (χ3v) is 4.35. The van der Waals surface area contributed by atoms with Crippen molar-refractivity contribution >= 4 is 43.7 Å². The highest BCUT2D eigenvalue weighted by Gasteiger charge is 2.13. The Morgan fingerprint density at radius 2 is 1.85 bits per heavy atom. The number of benzene rings is 2. The maximum atomic E-state index is 11.1. The van der Waals surface area contributed by atoms with Crippen molar-refractivity contribution in [3.8, 4) is 23.4 Å². The SMILES string of the molecule is CCOc1nc(Oc2ccc(OC(C)C(=O)Cl)cc2)nc2cc(Br)ccc12. The largest absolute Gasteiger partial charge is 0.482 e. The molecule has 6 nitrogen and oxygen atoms in total. The van der Waals surface area contributed by atoms with Crippen molar-refractivity contribution in [3.05, 3.63) is 46.9 Å². The van der Waals surface area contributed by atoms with Gasteiger partial charge in [0.2, 0.25) is 5.88 Å². The Balaban J connectivity index is 1.84. The van der Waals surface area contributed by atoms with Crippen molar-refractivity contribution in [1.29, 1.82) is 0 Å². The second kappa shape index (κ2) is 8.54. The molecule has 1 atom stereocenters. The van der Waals surface area contributed by atoms with E-state index in [0.717, 1.165) is 9.86 Å². The molecule has 3 rings (SSSR count). The molecule has 0 radical (unpaired) electrons. The molecule has 3 aromatic rings. The van der Waals surface area contributed by atoms with E-state index in [-0.39, 0.29) is 6.01 Å². The molecule has 0 bridgehead atoms. The van der Waals surface area contributed by atoms with Gasteiger partial charge in [0.25, 0.3) is 5.24 Å². The van der Waals surface area contributed by atoms with Gasteiger partial charge in [0.15, 0.2) is 6.10 Å². The topological polar surface area (TPSA) is 70.5 Å². The van der Waals surface area contributed by atoms with Gasteiger partial charge >= 0.3 is 6.01 Å². The molecule has 0 aliphatic heterocycles. The average molecular weight is 452 g/mol. The van der Waals surface area contributed by atoms with E-state index in [2.05, 4.69) is 25.9 Å². The maximum absolute atomic E-state index is 11.1. The van der Waals surface area contributed by atoms with Crippen LogP contribution >= 0.6 is 27.5 Å². The number of ether oxygens (including phenoxy) is 3. The lowest BCUT2D eigenvalue weighted by Crippen LogP contribution is -2.18. The molecule has 0 aliphatic carbocycles. The number of rotatable bonds is 7. The summed E-state index contributed by atoms with van der Waals surface area (Å²) in [6.07, 6.45) is -0.727. The van der Waals surface area contributed by atoms with Gasteiger partial charge < -0.3 is 14.2 Å². The molecule has 140 valence electrons. The lowest BCUT2D eigenvalue weighted by Gasteiger charge is -2.12. The molecule has 0 aliphatic rings. The second-order valence-electron chi connectivity index (χ2n) is 5.54. The summed E-state index contributed by atoms with van der Waals surface area (Å²) in [5.74, 6) is 1.48. The minimum Gasteiger partial charge on any atom is -0.482 e. The lowest BCUT2D eigenvalue weighted by atomic mass is 10.2. The number of nitrogens with zero attached hydrogens (tertiary/aromatic N) is 2. The number of hydrogen-bond donors (Lipinski definition) is 0. The van der Waals surface area contributed by atoms with Crippen LogP contribution in [0.5, 0.6) is 23.4 Å². The normalized spacial score (nSPS) is 11.9. The quantitative estimate of drug-likeness (QED) is 0.465. The summed E-state index contributed by atoms with van der Waals surface area (Å²) in [5, 5.41) is 0.241. The van der Waals surface area contributed by atoms with Crippen molar-refractivity contribution in [2.45, 2.75) is 20.0 Å². The number of aromatic nitrogens is 2. The van der Waals surface area contributed by atoms with Crippen LogP contribution in [0.1, 0.15) is 13.8 Å². The molecule has 0 saturated heterocycles. The van der Waals surface area contributed by atoms with Crippen LogP contribution in [0.15, 0.2) is 46.9 Å². The number of carbonyl (C=O) groups is 1. The van der Waals surface area contributed by atoms with E-state index in [1.807, 2.05) is 25.1 Å². The first kappa shape index (κ1) is 19.4. The Morgan fingerprint density at radius 3 is 2.52 bits per heavy atom. The van der Waals surface area contributed by atoms with Crippen LogP contribution in [0.25, 0.3) is 10.9 Å². The summed E-state index contributed by atoms with van der Waals surface area (Å²) in [4.78, 5) is 19.8. The fraction of sp³-hybridized carbons (Fsp3) is 0.211. The zero-order chi connectivity index (χ0) is 19.4. The second-order valence-corrected chi connectivity index (χ2v) is 6.83. The molecule has 0 amide bonds. The van der Waals surface area contributed by atoms with Gasteiger partial charge in [0.05, 0.1) is 17.5 Å². The molecular weight excluding hydrogens is 436 g/mol. The summed E-state index contributed by atoms with van der Waals surface area (Å²) in [7, 11) is 0. The summed E-state index contributed by atoms with van der Waals surface area (Å²) in [5.41, 5.74) is 0.701. The van der Waals surface area contributed by atoms with Gasteiger partial charge in [-0.25, -0.2) is 0 Å². The predicted molar refractivity (Wildman–Crippen MR) is 106 cm³/mol. The fourth-order valence-corrected chi connectivity index (χ4v) is 2.68. The van der Waals surface area contributed by atoms with E-state index >= 15 is 0 Å². The minimum absolute atomic E-state index is 0.169. The molecular formula is C19H16BrClN2O4. The summed E-state index contributed by atoms with van der Waals surface area (Å²) in [6.45, 7) is 3.94. The Bertz CT molecular complexity index is 966. The van der Waals surface area contributed by atoms with Gasteiger partial charge in [-0.3, -0.25) is 4.79 Å². The Hall–Kier alpha value is -2.38. The number of halogens is 2. The third kappa shape index (κ3) is 4.87. The van der Waals surface area contributed by atoms with Gasteiger partial charge in [0.1, 0.15) is 11.5 Å². The van der Waals surface area contributed by atoms with Crippen molar-refractivity contribution < 1.29 is 19.0 Å². The zero-order valence-corrected chi connectivity index (χ0v) is 17.0. The first-order valence-corrected chi connectivity index (χ1v) is 9.37. The molecule has 0 fully saturated rings. The van der Waals surface area contributed by atoms with Crippen molar-refractivity contribution in [1.82, 2.24) is 9.97 Å². The summed E-state index contributed by atoms with van der Waals surface area (Å²) < 4.78 is 17.7. The van der Waals surface area contributed by atoms with Crippen LogP contribution in [0.2, 0.25) is 0 Å². The van der Waals surface area contributed by atoms with E-state index < -0.39 is 11.3 Å². The molecule has 2 aromatic carbocycles. The number of fused-ring (bicyclic) bond motifs is 1. The summed E-state index contributed by atoms with van der Waals surface area (Å²) in [6, 6.07) is 12.6. The van der Waals surface area contributed by atoms with Crippen molar-refractivity contribution in [3.63, 3.8) is 0 Å². The van der Waals surface area contributed by atoms with Crippen LogP contribution in [-0.4, -0.2) is 27.9 Å². The summed E-state index contributed by atoms with van der Waals surface area (Å²) >= 11 is 8.83. The highest BCUT2D eigenvalue weighted by molar-refractivity contribution is 9.10. The van der Waals surface area contributed by atoms with Gasteiger partial charge in [-0.15, -0.1) is 0 Å². The molecule has 1 unspecified atom stereocenters. The van der Waals surface area contributed by atoms with Crippen molar-refractivity contribution in [2.75, 3.05) is 6.61 Å². The van der Waals surface area contributed by atoms with Crippen LogP contribution in [0.4, 0.5) is 0 Å². The standard InChI is InChI=1S/C19H16BrClN2O4/c1-3-25-18-15-9-4-12(20)10-16(15)22-19(23-18)27-14-7-5-13(6-8-14)26-11(2)17(21)24/h4-11H,3H2,1-2H3. The van der Waals surface area contributed by atoms with Crippen LogP contribution < -0.4 is 14.2 Å². The monoisotopic (exact) mass is 450 g/mol.